The molecule has 19 heavy (non-hydrogen) atoms. The first-order valence-corrected chi connectivity index (χ1v) is 6.36. The Morgan fingerprint density at radius 2 is 2.26 bits per heavy atom. The highest BCUT2D eigenvalue weighted by molar-refractivity contribution is 5.96. The Kier molecular flexibility index (Phi) is 6.24. The van der Waals surface area contributed by atoms with Gasteiger partial charge >= 0.3 is 0 Å². The molecule has 0 amide bonds. The van der Waals surface area contributed by atoms with E-state index in [2.05, 4.69) is 29.3 Å². The SMILES string of the molecule is CC(C)C(CCO)NCc1cccnc1/C(N)=N/O. The molecule has 1 rings (SSSR count). The van der Waals surface area contributed by atoms with Crippen LogP contribution in [0.4, 0.5) is 0 Å². The van der Waals surface area contributed by atoms with Crippen molar-refractivity contribution in [2.75, 3.05) is 6.61 Å². The fraction of sp³-hybridized carbons (Fsp3) is 0.538. The standard InChI is InChI=1S/C13H22N4O2/c1-9(2)11(5-7-18)16-8-10-4-3-6-15-12(10)13(14)17-19/h3-4,6,9,11,16,18-19H,5,7-8H2,1-2H3,(H2,14,17). The van der Waals surface area contributed by atoms with Crippen LogP contribution < -0.4 is 11.1 Å². The maximum atomic E-state index is 9.04. The third kappa shape index (κ3) is 4.50. The van der Waals surface area contributed by atoms with Crippen LogP contribution in [-0.4, -0.2) is 33.8 Å². The Labute approximate surface area is 113 Å². The Bertz CT molecular complexity index is 421. The summed E-state index contributed by atoms with van der Waals surface area (Å²) in [6.45, 7) is 4.90. The molecular weight excluding hydrogens is 244 g/mol. The Hall–Kier alpha value is -1.66. The van der Waals surface area contributed by atoms with E-state index in [9.17, 15) is 0 Å². The van der Waals surface area contributed by atoms with Gasteiger partial charge in [-0.25, -0.2) is 0 Å². The summed E-state index contributed by atoms with van der Waals surface area (Å²) in [5.74, 6) is 0.414. The second-order valence-corrected chi connectivity index (χ2v) is 4.74. The van der Waals surface area contributed by atoms with Crippen molar-refractivity contribution >= 4 is 5.84 Å². The van der Waals surface area contributed by atoms with Crippen molar-refractivity contribution in [1.29, 1.82) is 0 Å². The minimum absolute atomic E-state index is 0.000607. The number of pyridine rings is 1. The van der Waals surface area contributed by atoms with E-state index in [0.717, 1.165) is 5.56 Å². The molecule has 1 heterocycles. The van der Waals surface area contributed by atoms with Crippen LogP contribution in [-0.2, 0) is 6.54 Å². The van der Waals surface area contributed by atoms with Gasteiger partial charge in [0.2, 0.25) is 0 Å². The molecule has 0 aliphatic rings. The largest absolute Gasteiger partial charge is 0.409 e. The number of hydrogen-bond donors (Lipinski definition) is 4. The molecule has 1 atom stereocenters. The van der Waals surface area contributed by atoms with Gasteiger partial charge in [-0.2, -0.15) is 0 Å². The summed E-state index contributed by atoms with van der Waals surface area (Å²) in [6, 6.07) is 3.90. The van der Waals surface area contributed by atoms with Crippen molar-refractivity contribution in [3.63, 3.8) is 0 Å². The lowest BCUT2D eigenvalue weighted by molar-refractivity contribution is 0.244. The highest BCUT2D eigenvalue weighted by atomic mass is 16.4. The number of nitrogens with zero attached hydrogens (tertiary/aromatic N) is 2. The van der Waals surface area contributed by atoms with Crippen LogP contribution in [0.5, 0.6) is 0 Å². The molecule has 0 saturated heterocycles. The maximum absolute atomic E-state index is 9.04. The molecule has 5 N–H and O–H groups in total. The molecule has 0 spiro atoms. The summed E-state index contributed by atoms with van der Waals surface area (Å²) < 4.78 is 0. The number of aliphatic hydroxyl groups is 1. The van der Waals surface area contributed by atoms with Gasteiger partial charge in [0.25, 0.3) is 0 Å². The van der Waals surface area contributed by atoms with Crippen LogP contribution in [0, 0.1) is 5.92 Å². The van der Waals surface area contributed by atoms with Crippen molar-refractivity contribution in [3.05, 3.63) is 29.6 Å². The number of aromatic nitrogens is 1. The predicted molar refractivity (Wildman–Crippen MR) is 73.9 cm³/mol. The highest BCUT2D eigenvalue weighted by Crippen LogP contribution is 2.09. The molecule has 6 heteroatoms. The van der Waals surface area contributed by atoms with Crippen molar-refractivity contribution in [3.8, 4) is 0 Å². The van der Waals surface area contributed by atoms with E-state index in [1.807, 2.05) is 12.1 Å². The van der Waals surface area contributed by atoms with Crippen molar-refractivity contribution in [1.82, 2.24) is 10.3 Å². The molecule has 0 aliphatic carbocycles. The Morgan fingerprint density at radius 3 is 2.84 bits per heavy atom. The van der Waals surface area contributed by atoms with Crippen LogP contribution in [0.1, 0.15) is 31.5 Å². The van der Waals surface area contributed by atoms with Gasteiger partial charge in [-0.15, -0.1) is 0 Å². The number of amidine groups is 1. The van der Waals surface area contributed by atoms with Gasteiger partial charge in [0.05, 0.1) is 0 Å². The normalized spacial score (nSPS) is 13.8. The smallest absolute Gasteiger partial charge is 0.189 e. The molecule has 0 aliphatic heterocycles. The second kappa shape index (κ2) is 7.70. The lowest BCUT2D eigenvalue weighted by Crippen LogP contribution is -2.35. The molecule has 0 fully saturated rings. The Balaban J connectivity index is 2.77. The summed E-state index contributed by atoms with van der Waals surface area (Å²) in [4.78, 5) is 4.11. The number of nitrogens with two attached hydrogens (primary N) is 1. The molecule has 0 radical (unpaired) electrons. The van der Waals surface area contributed by atoms with Gasteiger partial charge in [-0.05, 0) is 24.0 Å². The van der Waals surface area contributed by atoms with E-state index in [-0.39, 0.29) is 18.5 Å². The zero-order valence-electron chi connectivity index (χ0n) is 11.4. The monoisotopic (exact) mass is 266 g/mol. The number of rotatable bonds is 7. The van der Waals surface area contributed by atoms with E-state index in [1.54, 1.807) is 6.20 Å². The molecule has 106 valence electrons. The van der Waals surface area contributed by atoms with Crippen LogP contribution in [0.25, 0.3) is 0 Å². The van der Waals surface area contributed by atoms with Gasteiger partial charge in [-0.1, -0.05) is 25.1 Å². The zero-order valence-corrected chi connectivity index (χ0v) is 11.4. The summed E-state index contributed by atoms with van der Waals surface area (Å²) >= 11 is 0. The molecule has 0 aromatic carbocycles. The van der Waals surface area contributed by atoms with E-state index in [0.29, 0.717) is 24.6 Å². The summed E-state index contributed by atoms with van der Waals surface area (Å²) in [5, 5.41) is 24.1. The lowest BCUT2D eigenvalue weighted by atomic mass is 10.0. The predicted octanol–water partition coefficient (Wildman–Crippen LogP) is 0.673. The third-order valence-electron chi connectivity index (χ3n) is 3.04. The number of aliphatic hydroxyl groups excluding tert-OH is 1. The van der Waals surface area contributed by atoms with Crippen LogP contribution >= 0.6 is 0 Å². The molecule has 6 nitrogen and oxygen atoms in total. The first-order valence-electron chi connectivity index (χ1n) is 6.36. The summed E-state index contributed by atoms with van der Waals surface area (Å²) in [6.07, 6.45) is 2.29. The minimum Gasteiger partial charge on any atom is -0.409 e. The van der Waals surface area contributed by atoms with Crippen molar-refractivity contribution < 1.29 is 10.3 Å². The number of nitrogens with one attached hydrogen (secondary N) is 1. The first-order chi connectivity index (χ1) is 9.10. The fourth-order valence-corrected chi connectivity index (χ4v) is 1.91. The molecule has 1 aromatic heterocycles. The van der Waals surface area contributed by atoms with Crippen LogP contribution in [0.3, 0.4) is 0 Å². The second-order valence-electron chi connectivity index (χ2n) is 4.74. The van der Waals surface area contributed by atoms with E-state index in [1.165, 1.54) is 0 Å². The van der Waals surface area contributed by atoms with Gasteiger partial charge in [0.15, 0.2) is 5.84 Å². The number of oxime groups is 1. The average Bonchev–Trinajstić information content (AvgIpc) is 2.42. The molecule has 0 saturated carbocycles. The summed E-state index contributed by atoms with van der Waals surface area (Å²) in [5.41, 5.74) is 6.93. The topological polar surface area (TPSA) is 104 Å². The minimum atomic E-state index is 0.000607. The Morgan fingerprint density at radius 1 is 1.53 bits per heavy atom. The molecule has 0 bridgehead atoms. The first kappa shape index (κ1) is 15.4. The summed E-state index contributed by atoms with van der Waals surface area (Å²) in [7, 11) is 0. The van der Waals surface area contributed by atoms with Crippen LogP contribution in [0.2, 0.25) is 0 Å². The van der Waals surface area contributed by atoms with Crippen LogP contribution in [0.15, 0.2) is 23.5 Å². The van der Waals surface area contributed by atoms with Gasteiger partial charge in [0, 0.05) is 25.4 Å². The lowest BCUT2D eigenvalue weighted by Gasteiger charge is -2.22. The maximum Gasteiger partial charge on any atom is 0.189 e. The van der Waals surface area contributed by atoms with Crippen molar-refractivity contribution in [2.24, 2.45) is 16.8 Å². The highest BCUT2D eigenvalue weighted by Gasteiger charge is 2.14. The van der Waals surface area contributed by atoms with E-state index < -0.39 is 0 Å². The van der Waals surface area contributed by atoms with Gasteiger partial charge in [-0.3, -0.25) is 4.98 Å². The number of hydrogen-bond acceptors (Lipinski definition) is 5. The molecule has 1 unspecified atom stereocenters. The van der Waals surface area contributed by atoms with Gasteiger partial charge in [0.1, 0.15) is 5.69 Å². The van der Waals surface area contributed by atoms with E-state index >= 15 is 0 Å². The zero-order chi connectivity index (χ0) is 14.3. The molecular formula is C13H22N4O2. The third-order valence-corrected chi connectivity index (χ3v) is 3.04. The molecule has 1 aromatic rings. The quantitative estimate of drug-likeness (QED) is 0.251. The van der Waals surface area contributed by atoms with Crippen molar-refractivity contribution in [2.45, 2.75) is 32.9 Å². The van der Waals surface area contributed by atoms with Gasteiger partial charge < -0.3 is 21.4 Å². The van der Waals surface area contributed by atoms with E-state index in [4.69, 9.17) is 16.0 Å². The fourth-order valence-electron chi connectivity index (χ4n) is 1.91. The average molecular weight is 266 g/mol.